The summed E-state index contributed by atoms with van der Waals surface area (Å²) in [6, 6.07) is 12.8. The van der Waals surface area contributed by atoms with E-state index in [9.17, 15) is 24.0 Å². The molecule has 4 heterocycles. The van der Waals surface area contributed by atoms with Crippen LogP contribution >= 0.6 is 0 Å². The maximum atomic E-state index is 13.8. The Kier molecular flexibility index (Phi) is 13.4. The van der Waals surface area contributed by atoms with Crippen molar-refractivity contribution in [1.29, 1.82) is 0 Å². The van der Waals surface area contributed by atoms with E-state index < -0.39 is 30.3 Å². The van der Waals surface area contributed by atoms with Crippen molar-refractivity contribution >= 4 is 30.0 Å². The van der Waals surface area contributed by atoms with E-state index in [2.05, 4.69) is 47.7 Å². The smallest absolute Gasteiger partial charge is 0.407 e. The van der Waals surface area contributed by atoms with E-state index >= 15 is 0 Å². The van der Waals surface area contributed by atoms with E-state index in [1.165, 1.54) is 26.2 Å². The van der Waals surface area contributed by atoms with Gasteiger partial charge in [-0.25, -0.2) is 24.4 Å². The van der Waals surface area contributed by atoms with Crippen LogP contribution in [0.15, 0.2) is 60.9 Å². The molecule has 0 saturated carbocycles. The Labute approximate surface area is 349 Å². The van der Waals surface area contributed by atoms with Crippen molar-refractivity contribution in [2.24, 2.45) is 11.8 Å². The predicted octanol–water partition coefficient (Wildman–Crippen LogP) is 4.77. The van der Waals surface area contributed by atoms with E-state index in [4.69, 9.17) is 9.47 Å². The molecule has 6 amide bonds. The van der Waals surface area contributed by atoms with Gasteiger partial charge in [0, 0.05) is 24.7 Å². The number of aromatic amines is 2. The minimum absolute atomic E-state index is 0.0209. The average molecular weight is 821 g/mol. The Bertz CT molecular complexity index is 2240. The lowest BCUT2D eigenvalue weighted by Crippen LogP contribution is -2.51. The van der Waals surface area contributed by atoms with Gasteiger partial charge in [-0.2, -0.15) is 0 Å². The number of urea groups is 1. The van der Waals surface area contributed by atoms with Crippen molar-refractivity contribution in [3.63, 3.8) is 0 Å². The van der Waals surface area contributed by atoms with Crippen LogP contribution in [0.1, 0.15) is 75.4 Å². The largest absolute Gasteiger partial charge is 0.453 e. The number of nitrogens with zero attached hydrogens (tertiary/aromatic N) is 5. The van der Waals surface area contributed by atoms with Gasteiger partial charge in [0.2, 0.25) is 11.8 Å². The van der Waals surface area contributed by atoms with Crippen LogP contribution in [0.5, 0.6) is 0 Å². The second-order valence-electron chi connectivity index (χ2n) is 15.4. The maximum absolute atomic E-state index is 13.8. The molecule has 6 rings (SSSR count). The highest BCUT2D eigenvalue weighted by Gasteiger charge is 2.42. The highest BCUT2D eigenvalue weighted by molar-refractivity contribution is 5.88. The molecule has 17 nitrogen and oxygen atoms in total. The summed E-state index contributed by atoms with van der Waals surface area (Å²) in [5.41, 5.74) is 4.97. The van der Waals surface area contributed by atoms with Gasteiger partial charge in [0.25, 0.3) is 0 Å². The number of carbonyl (C=O) groups excluding carboxylic acids is 5. The number of benzene rings is 2. The summed E-state index contributed by atoms with van der Waals surface area (Å²) >= 11 is 0. The Morgan fingerprint density at radius 2 is 1.18 bits per heavy atom. The van der Waals surface area contributed by atoms with Crippen LogP contribution in [0.4, 0.5) is 14.4 Å². The standard InChI is InChI=1S/C43H52N10O7/c1-25(2)35(49-42(57)59-6)39(54)52-20-8-9-33(52)37-45-21-31(47-37)29-16-12-27(13-17-29)10-11-28-14-18-30(19-15-28)32-22-46-38(48-32)34-23-51(41(56)44-5)24-53(34)40(55)36(26(3)4)50-43(58)60-7/h12-19,21-22,25-26,33-36H,8-9,20,23-24H2,1-7H3,(H,44,56)(H,45,47)(H,46,48)(H,49,57)(H,50,58)/t33-,34-,35-,36-/m0/s1. The third-order valence-corrected chi connectivity index (χ3v) is 10.8. The van der Waals surface area contributed by atoms with Crippen LogP contribution in [0.2, 0.25) is 0 Å². The highest BCUT2D eigenvalue weighted by atomic mass is 16.5. The molecule has 60 heavy (non-hydrogen) atoms. The molecule has 0 radical (unpaired) electrons. The van der Waals surface area contributed by atoms with Gasteiger partial charge in [-0.05, 0) is 60.1 Å². The first-order chi connectivity index (χ1) is 28.8. The molecule has 2 aliphatic rings. The summed E-state index contributed by atoms with van der Waals surface area (Å²) in [5, 5.41) is 7.92. The van der Waals surface area contributed by atoms with Crippen molar-refractivity contribution in [3.05, 3.63) is 83.7 Å². The molecule has 0 spiro atoms. The number of ether oxygens (including phenoxy) is 2. The molecule has 316 valence electrons. The van der Waals surface area contributed by atoms with E-state index in [0.717, 1.165) is 46.5 Å². The monoisotopic (exact) mass is 820 g/mol. The number of likely N-dealkylation sites (tertiary alicyclic amines) is 1. The van der Waals surface area contributed by atoms with Crippen LogP contribution in [-0.4, -0.2) is 118 Å². The zero-order chi connectivity index (χ0) is 43.1. The quantitative estimate of drug-likeness (QED) is 0.140. The van der Waals surface area contributed by atoms with Crippen LogP contribution in [-0.2, 0) is 19.1 Å². The fourth-order valence-electron chi connectivity index (χ4n) is 7.40. The van der Waals surface area contributed by atoms with Crippen molar-refractivity contribution in [1.82, 2.24) is 50.6 Å². The Balaban J connectivity index is 1.11. The molecule has 4 aromatic rings. The zero-order valence-electron chi connectivity index (χ0n) is 34.9. The van der Waals surface area contributed by atoms with E-state index in [-0.39, 0.29) is 48.9 Å². The Hall–Kier alpha value is -6.83. The number of hydrogen-bond acceptors (Lipinski definition) is 9. The zero-order valence-corrected chi connectivity index (χ0v) is 34.9. The van der Waals surface area contributed by atoms with Gasteiger partial charge >= 0.3 is 18.2 Å². The number of alkyl carbamates (subject to hydrolysis) is 2. The number of imidazole rings is 2. The first-order valence-electron chi connectivity index (χ1n) is 19.9. The third kappa shape index (κ3) is 9.54. The minimum Gasteiger partial charge on any atom is -0.453 e. The SMILES string of the molecule is CNC(=O)N1C[C@@H](c2ncc(-c3ccc(C#Cc4ccc(-c5cnc([C@@H]6CCCN6C(=O)[C@@H](NC(=O)OC)C(C)C)[nH]5)cc4)cc3)[nH]2)N(C(=O)[C@@H](NC(=O)OC)C(C)C)C1. The first kappa shape index (κ1) is 42.8. The fourth-order valence-corrected chi connectivity index (χ4v) is 7.40. The summed E-state index contributed by atoms with van der Waals surface area (Å²) in [4.78, 5) is 84.7. The lowest BCUT2D eigenvalue weighted by molar-refractivity contribution is -0.136. The lowest BCUT2D eigenvalue weighted by Gasteiger charge is -2.30. The molecule has 2 aromatic heterocycles. The van der Waals surface area contributed by atoms with Crippen molar-refractivity contribution < 1.29 is 33.4 Å². The molecule has 4 atom stereocenters. The minimum atomic E-state index is -0.869. The number of hydrogen-bond donors (Lipinski definition) is 5. The molecule has 2 fully saturated rings. The lowest BCUT2D eigenvalue weighted by atomic mass is 10.0. The highest BCUT2D eigenvalue weighted by Crippen LogP contribution is 2.33. The number of carbonyl (C=O) groups is 5. The molecule has 0 bridgehead atoms. The van der Waals surface area contributed by atoms with Crippen molar-refractivity contribution in [2.45, 2.75) is 64.7 Å². The van der Waals surface area contributed by atoms with Gasteiger partial charge in [-0.15, -0.1) is 0 Å². The van der Waals surface area contributed by atoms with E-state index in [1.54, 1.807) is 22.2 Å². The number of aromatic nitrogens is 4. The summed E-state index contributed by atoms with van der Waals surface area (Å²) < 4.78 is 9.49. The Morgan fingerprint density at radius 3 is 1.63 bits per heavy atom. The van der Waals surface area contributed by atoms with Gasteiger partial charge < -0.3 is 50.1 Å². The predicted molar refractivity (Wildman–Crippen MR) is 222 cm³/mol. The molecule has 2 saturated heterocycles. The summed E-state index contributed by atoms with van der Waals surface area (Å²) in [6.45, 7) is 8.22. The van der Waals surface area contributed by atoms with Gasteiger partial charge in [-0.3, -0.25) is 9.59 Å². The van der Waals surface area contributed by atoms with Crippen LogP contribution in [0.25, 0.3) is 22.5 Å². The number of rotatable bonds is 10. The first-order valence-corrected chi connectivity index (χ1v) is 19.9. The van der Waals surface area contributed by atoms with Crippen LogP contribution in [0.3, 0.4) is 0 Å². The summed E-state index contributed by atoms with van der Waals surface area (Å²) in [5.74, 6) is 6.77. The van der Waals surface area contributed by atoms with Crippen LogP contribution < -0.4 is 16.0 Å². The van der Waals surface area contributed by atoms with Gasteiger partial charge in [0.05, 0.1) is 57.3 Å². The molecule has 0 unspecified atom stereocenters. The molecule has 5 N–H and O–H groups in total. The number of methoxy groups -OCH3 is 2. The van der Waals surface area contributed by atoms with Gasteiger partial charge in [0.1, 0.15) is 29.8 Å². The number of amides is 6. The number of H-pyrrole nitrogens is 2. The summed E-state index contributed by atoms with van der Waals surface area (Å²) in [6.07, 6.45) is 3.70. The average Bonchev–Trinajstić information content (AvgIpc) is 4.10. The molecule has 2 aromatic carbocycles. The van der Waals surface area contributed by atoms with Crippen molar-refractivity contribution in [3.8, 4) is 34.4 Å². The van der Waals surface area contributed by atoms with Gasteiger partial charge in [0.15, 0.2) is 0 Å². The van der Waals surface area contributed by atoms with Gasteiger partial charge in [-0.1, -0.05) is 63.8 Å². The third-order valence-electron chi connectivity index (χ3n) is 10.8. The molecule has 2 aliphatic heterocycles. The van der Waals surface area contributed by atoms with E-state index in [0.29, 0.717) is 18.2 Å². The second kappa shape index (κ2) is 18.8. The van der Waals surface area contributed by atoms with Crippen LogP contribution in [0, 0.1) is 23.7 Å². The second-order valence-corrected chi connectivity index (χ2v) is 15.4. The topological polar surface area (TPSA) is 207 Å². The molecule has 0 aliphatic carbocycles. The van der Waals surface area contributed by atoms with Crippen molar-refractivity contribution in [2.75, 3.05) is 41.0 Å². The van der Waals surface area contributed by atoms with E-state index in [1.807, 2.05) is 76.2 Å². The maximum Gasteiger partial charge on any atom is 0.407 e. The molecule has 17 heteroatoms. The normalized spacial score (nSPS) is 17.2. The molecular formula is C43H52N10O7. The summed E-state index contributed by atoms with van der Waals surface area (Å²) in [7, 11) is 4.04. The number of nitrogens with one attached hydrogen (secondary N) is 5. The fraction of sp³-hybridized carbons (Fsp3) is 0.419. The molecular weight excluding hydrogens is 769 g/mol. The Morgan fingerprint density at radius 1 is 0.717 bits per heavy atom.